The molecular formula is C34H23CuN11Na2O14S2+2. The van der Waals surface area contributed by atoms with Crippen molar-refractivity contribution in [1.82, 2.24) is 0 Å². The van der Waals surface area contributed by atoms with E-state index in [2.05, 4.69) is 36.0 Å². The van der Waals surface area contributed by atoms with Gasteiger partial charge in [0.25, 0.3) is 37.3 Å². The van der Waals surface area contributed by atoms with Crippen molar-refractivity contribution in [3.63, 3.8) is 0 Å². The first-order valence-electron chi connectivity index (χ1n) is 16.4. The Morgan fingerprint density at radius 2 is 1.03 bits per heavy atom. The van der Waals surface area contributed by atoms with Gasteiger partial charge < -0.3 is 21.3 Å². The largest absolute Gasteiger partial charge is 1.00 e. The number of rotatable bonds is 13. The van der Waals surface area contributed by atoms with E-state index in [0.29, 0.717) is 12.1 Å². The molecule has 0 bridgehead atoms. The summed E-state index contributed by atoms with van der Waals surface area (Å²) in [7, 11) is -9.93. The van der Waals surface area contributed by atoms with Crippen LogP contribution in [-0.4, -0.2) is 50.9 Å². The van der Waals surface area contributed by atoms with Crippen LogP contribution in [0.2, 0.25) is 0 Å². The Balaban J connectivity index is 0.00000363. The summed E-state index contributed by atoms with van der Waals surface area (Å²) in [6.45, 7) is 0. The van der Waals surface area contributed by atoms with E-state index in [1.165, 1.54) is 36.4 Å². The van der Waals surface area contributed by atoms with Gasteiger partial charge in [0.1, 0.15) is 32.6 Å². The number of nitro groups is 3. The smallest absolute Gasteiger partial charge is 0.506 e. The number of benzene rings is 6. The van der Waals surface area contributed by atoms with E-state index in [0.717, 1.165) is 48.5 Å². The van der Waals surface area contributed by atoms with E-state index in [9.17, 15) is 66.5 Å². The van der Waals surface area contributed by atoms with Crippen LogP contribution in [0, 0.1) is 30.3 Å². The van der Waals surface area contributed by atoms with Crippen LogP contribution in [0.25, 0.3) is 10.8 Å². The van der Waals surface area contributed by atoms with Gasteiger partial charge in [0.15, 0.2) is 11.4 Å². The van der Waals surface area contributed by atoms with Gasteiger partial charge in [-0.15, -0.1) is 20.5 Å². The van der Waals surface area contributed by atoms with Crippen LogP contribution in [-0.2, 0) is 37.3 Å². The second-order valence-corrected chi connectivity index (χ2v) is 15.0. The molecule has 6 rings (SSSR count). The van der Waals surface area contributed by atoms with Crippen molar-refractivity contribution in [2.24, 2.45) is 30.7 Å². The average molecular weight is 983 g/mol. The molecule has 30 heteroatoms. The minimum absolute atomic E-state index is 0. The molecule has 0 fully saturated rings. The topological polar surface area (TPSA) is 391 Å². The molecule has 0 aliphatic rings. The van der Waals surface area contributed by atoms with Gasteiger partial charge in [-0.2, -0.15) is 27.1 Å². The molecule has 0 amide bonds. The summed E-state index contributed by atoms with van der Waals surface area (Å²) in [5.41, 5.74) is 3.26. The molecule has 25 nitrogen and oxygen atoms in total. The van der Waals surface area contributed by atoms with E-state index in [4.69, 9.17) is 5.73 Å². The number of azo groups is 3. The van der Waals surface area contributed by atoms with Crippen molar-refractivity contribution in [2.75, 3.05) is 11.1 Å². The van der Waals surface area contributed by atoms with Crippen LogP contribution >= 0.6 is 0 Å². The van der Waals surface area contributed by atoms with Crippen LogP contribution in [0.15, 0.2) is 138 Å². The van der Waals surface area contributed by atoms with E-state index < -0.39 is 90.1 Å². The number of phenols is 2. The number of hydrogen-bond acceptors (Lipinski definition) is 20. The Kier molecular flexibility index (Phi) is 17.4. The molecule has 0 atom stereocenters. The third-order valence-corrected chi connectivity index (χ3v) is 10.0. The molecular weight excluding hydrogens is 960 g/mol. The minimum Gasteiger partial charge on any atom is -0.506 e. The second-order valence-electron chi connectivity index (χ2n) is 12.2. The number of nitrogens with one attached hydrogen (secondary N) is 1. The summed E-state index contributed by atoms with van der Waals surface area (Å²) < 4.78 is 67.5. The standard InChI is InChI=1S/C34H23N11O14S2.Cu.2Na/c35-31-26(39-37-18-3-1-17(2-4-18)36-25-12-10-22(45(52)53)14-30(25)61(57,58)59)15-27(34(47)33(31)42-38-19-5-7-20(8-6-19)43(48)49)40-41-32-23-11-9-21(44(50)51)13-24(23)29(16-28(32)46)60(54,55)56;;;/h1-16,36,46-47H,35H2,(H,54,55,56)(H,57,58,59);;;/q;;2*+1. The Morgan fingerprint density at radius 3 is 1.59 bits per heavy atom. The van der Waals surface area contributed by atoms with E-state index in [1.54, 1.807) is 0 Å². The third kappa shape index (κ3) is 12.0. The van der Waals surface area contributed by atoms with Crippen molar-refractivity contribution < 1.29 is 127 Å². The number of aromatic hydroxyl groups is 2. The van der Waals surface area contributed by atoms with E-state index in [1.807, 2.05) is 0 Å². The van der Waals surface area contributed by atoms with Crippen LogP contribution < -0.4 is 70.2 Å². The number of hydrogen-bond donors (Lipinski definition) is 6. The van der Waals surface area contributed by atoms with E-state index in [-0.39, 0.29) is 121 Å². The maximum Gasteiger partial charge on any atom is 1.00 e. The first-order chi connectivity index (χ1) is 28.7. The summed E-state index contributed by atoms with van der Waals surface area (Å²) in [4.78, 5) is 29.7. The van der Waals surface area contributed by atoms with Gasteiger partial charge in [0.05, 0.1) is 37.5 Å². The predicted molar refractivity (Wildman–Crippen MR) is 213 cm³/mol. The molecule has 0 aromatic heterocycles. The van der Waals surface area contributed by atoms with Crippen molar-refractivity contribution >= 4 is 99.3 Å². The number of nitrogens with two attached hydrogens (primary N) is 1. The molecule has 7 N–H and O–H groups in total. The molecule has 0 saturated heterocycles. The van der Waals surface area contributed by atoms with Gasteiger partial charge >= 0.3 is 59.1 Å². The Bertz CT molecular complexity index is 3150. The molecule has 0 heterocycles. The molecule has 1 radical (unpaired) electrons. The van der Waals surface area contributed by atoms with Gasteiger partial charge in [-0.1, -0.05) is 0 Å². The molecule has 64 heavy (non-hydrogen) atoms. The van der Waals surface area contributed by atoms with Crippen molar-refractivity contribution in [1.29, 1.82) is 0 Å². The quantitative estimate of drug-likeness (QED) is 0.0242. The number of nitro benzene ring substituents is 3. The summed E-state index contributed by atoms with van der Waals surface area (Å²) in [5.74, 6) is -1.63. The first kappa shape index (κ1) is 52.5. The zero-order valence-electron chi connectivity index (χ0n) is 32.3. The molecule has 0 aliphatic carbocycles. The molecule has 321 valence electrons. The van der Waals surface area contributed by atoms with Gasteiger partial charge in [-0.05, 0) is 54.6 Å². The van der Waals surface area contributed by atoms with Crippen LogP contribution in [0.4, 0.5) is 68.2 Å². The van der Waals surface area contributed by atoms with Gasteiger partial charge in [0, 0.05) is 76.0 Å². The number of phenolic OH excluding ortho intramolecular Hbond substituents is 2. The molecule has 0 aliphatic heterocycles. The number of fused-ring (bicyclic) bond motifs is 1. The fourth-order valence-corrected chi connectivity index (χ4v) is 6.74. The summed E-state index contributed by atoms with van der Waals surface area (Å²) >= 11 is 0. The Hall–Kier alpha value is -5.88. The fourth-order valence-electron chi connectivity index (χ4n) is 5.36. The van der Waals surface area contributed by atoms with Crippen molar-refractivity contribution in [3.05, 3.63) is 127 Å². The number of nitrogen functional groups attached to an aromatic ring is 1. The summed E-state index contributed by atoms with van der Waals surface area (Å²) in [6.07, 6.45) is 0. The first-order valence-corrected chi connectivity index (χ1v) is 19.3. The van der Waals surface area contributed by atoms with Gasteiger partial charge in [-0.25, -0.2) is 0 Å². The number of anilines is 3. The zero-order chi connectivity index (χ0) is 44.4. The van der Waals surface area contributed by atoms with Crippen molar-refractivity contribution in [3.8, 4) is 11.5 Å². The molecule has 6 aromatic rings. The SMILES string of the molecule is Nc1c(N=Nc2ccc(Nc3ccc([N+](=O)[O-])cc3S(=O)(=O)O)cc2)cc(N=Nc2c(O)cc(S(=O)(=O)O)c3cc([N+](=O)[O-])ccc23)c(O)c1N=Nc1ccc([N+](=O)[O-])cc1.[Cu].[Na+].[Na+]. The normalized spacial score (nSPS) is 11.5. The number of non-ortho nitro benzene ring substituents is 3. The van der Waals surface area contributed by atoms with Crippen LogP contribution in [0.1, 0.15) is 0 Å². The molecule has 6 aromatic carbocycles. The maximum atomic E-state index is 12.1. The summed E-state index contributed by atoms with van der Waals surface area (Å²) in [5, 5.41) is 81.8. The van der Waals surface area contributed by atoms with Crippen LogP contribution in [0.5, 0.6) is 11.5 Å². The molecule has 0 spiro atoms. The average Bonchev–Trinajstić information content (AvgIpc) is 3.20. The fraction of sp³-hybridized carbons (Fsp3) is 0. The Labute approximate surface area is 413 Å². The molecule has 0 saturated carbocycles. The van der Waals surface area contributed by atoms with Gasteiger partial charge in [-0.3, -0.25) is 39.4 Å². The monoisotopic (exact) mass is 982 g/mol. The third-order valence-electron chi connectivity index (χ3n) is 8.25. The Morgan fingerprint density at radius 1 is 0.547 bits per heavy atom. The zero-order valence-corrected chi connectivity index (χ0v) is 38.9. The van der Waals surface area contributed by atoms with Gasteiger partial charge in [0.2, 0.25) is 0 Å². The summed E-state index contributed by atoms with van der Waals surface area (Å²) in [6, 6.07) is 17.7. The second kappa shape index (κ2) is 21.2. The van der Waals surface area contributed by atoms with E-state index >= 15 is 0 Å². The van der Waals surface area contributed by atoms with Crippen LogP contribution in [0.3, 0.4) is 0 Å². The maximum absolute atomic E-state index is 12.1. The minimum atomic E-state index is -5.04. The van der Waals surface area contributed by atoms with Crippen molar-refractivity contribution in [2.45, 2.75) is 9.79 Å². The predicted octanol–water partition coefficient (Wildman–Crippen LogP) is 3.05. The molecule has 0 unspecified atom stereocenters. The number of nitrogens with zero attached hydrogens (tertiary/aromatic N) is 9.